The molecule has 146 valence electrons. The van der Waals surface area contributed by atoms with Crippen molar-refractivity contribution in [1.29, 1.82) is 0 Å². The summed E-state index contributed by atoms with van der Waals surface area (Å²) < 4.78 is 29.8. The van der Waals surface area contributed by atoms with E-state index in [0.29, 0.717) is 6.54 Å². The van der Waals surface area contributed by atoms with Crippen LogP contribution in [0.4, 0.5) is 0 Å². The van der Waals surface area contributed by atoms with E-state index in [4.69, 9.17) is 4.74 Å². The zero-order chi connectivity index (χ0) is 20.0. The van der Waals surface area contributed by atoms with Gasteiger partial charge in [-0.3, -0.25) is 4.79 Å². The average molecular weight is 390 g/mol. The molecular formula is C21H27NO4S. The van der Waals surface area contributed by atoms with Gasteiger partial charge in [0, 0.05) is 13.7 Å². The summed E-state index contributed by atoms with van der Waals surface area (Å²) in [6, 6.07) is 14.4. The Morgan fingerprint density at radius 2 is 1.70 bits per heavy atom. The maximum absolute atomic E-state index is 12.3. The van der Waals surface area contributed by atoms with Crippen LogP contribution in [0.15, 0.2) is 53.4 Å². The molecule has 0 aliphatic carbocycles. The van der Waals surface area contributed by atoms with Gasteiger partial charge >= 0.3 is 0 Å². The Morgan fingerprint density at radius 1 is 1.07 bits per heavy atom. The summed E-state index contributed by atoms with van der Waals surface area (Å²) in [7, 11) is -1.68. The lowest BCUT2D eigenvalue weighted by atomic mass is 10.0. The van der Waals surface area contributed by atoms with Crippen molar-refractivity contribution in [2.24, 2.45) is 0 Å². The Bertz CT molecular complexity index is 873. The number of aryl methyl sites for hydroxylation is 1. The molecule has 1 amide bonds. The summed E-state index contributed by atoms with van der Waals surface area (Å²) in [5.41, 5.74) is 2.92. The van der Waals surface area contributed by atoms with Gasteiger partial charge < -0.3 is 10.1 Å². The quantitative estimate of drug-likeness (QED) is 0.752. The van der Waals surface area contributed by atoms with Gasteiger partial charge in [0.25, 0.3) is 0 Å². The molecule has 2 rings (SSSR count). The molecule has 0 bridgehead atoms. The molecule has 0 aliphatic heterocycles. The Hall–Kier alpha value is -2.18. The van der Waals surface area contributed by atoms with Gasteiger partial charge in [-0.25, -0.2) is 8.42 Å². The maximum Gasteiger partial charge on any atom is 0.224 e. The minimum absolute atomic E-state index is 0.134. The van der Waals surface area contributed by atoms with Crippen molar-refractivity contribution < 1.29 is 17.9 Å². The fourth-order valence-electron chi connectivity index (χ4n) is 2.79. The van der Waals surface area contributed by atoms with E-state index < -0.39 is 15.1 Å². The molecule has 6 heteroatoms. The smallest absolute Gasteiger partial charge is 0.224 e. The van der Waals surface area contributed by atoms with E-state index in [1.807, 2.05) is 31.2 Å². The van der Waals surface area contributed by atoms with Crippen molar-refractivity contribution in [3.63, 3.8) is 0 Å². The predicted octanol–water partition coefficient (Wildman–Crippen LogP) is 3.22. The number of benzene rings is 2. The van der Waals surface area contributed by atoms with E-state index >= 15 is 0 Å². The van der Waals surface area contributed by atoms with E-state index in [2.05, 4.69) is 5.32 Å². The summed E-state index contributed by atoms with van der Waals surface area (Å²) in [5, 5.41) is 2.42. The fourth-order valence-corrected chi connectivity index (χ4v) is 3.85. The van der Waals surface area contributed by atoms with Crippen LogP contribution < -0.4 is 5.32 Å². The van der Waals surface area contributed by atoms with Crippen LogP contribution in [0, 0.1) is 6.92 Å². The molecule has 0 aromatic heterocycles. The number of rotatable bonds is 8. The molecular weight excluding hydrogens is 362 g/mol. The summed E-state index contributed by atoms with van der Waals surface area (Å²) in [5.74, 6) is -0.134. The van der Waals surface area contributed by atoms with Gasteiger partial charge in [-0.1, -0.05) is 36.4 Å². The van der Waals surface area contributed by atoms with Crippen LogP contribution in [0.2, 0.25) is 0 Å². The van der Waals surface area contributed by atoms with Crippen LogP contribution >= 0.6 is 0 Å². The minimum Gasteiger partial charge on any atom is -0.375 e. The van der Waals surface area contributed by atoms with Gasteiger partial charge in [0.05, 0.1) is 22.7 Å². The molecule has 0 aliphatic rings. The number of carbonyl (C=O) groups is 1. The van der Waals surface area contributed by atoms with Gasteiger partial charge in [-0.05, 0) is 49.6 Å². The minimum atomic E-state index is -3.30. The summed E-state index contributed by atoms with van der Waals surface area (Å²) >= 11 is 0. The van der Waals surface area contributed by atoms with Crippen molar-refractivity contribution in [2.45, 2.75) is 43.4 Å². The first-order valence-electron chi connectivity index (χ1n) is 8.93. The first-order valence-corrected chi connectivity index (χ1v) is 10.5. The zero-order valence-electron chi connectivity index (χ0n) is 16.2. The van der Waals surface area contributed by atoms with Crippen LogP contribution in [-0.2, 0) is 25.8 Å². The molecule has 2 aromatic rings. The number of sulfone groups is 1. The largest absolute Gasteiger partial charge is 0.375 e. The molecule has 0 spiro atoms. The number of nitrogens with one attached hydrogen (secondary N) is 1. The fraction of sp³-hybridized carbons (Fsp3) is 0.381. The third-order valence-electron chi connectivity index (χ3n) is 4.54. The highest BCUT2D eigenvalue weighted by atomic mass is 32.2. The van der Waals surface area contributed by atoms with E-state index in [1.54, 1.807) is 45.2 Å². The van der Waals surface area contributed by atoms with Crippen molar-refractivity contribution >= 4 is 15.7 Å². The normalized spacial score (nSPS) is 12.8. The topological polar surface area (TPSA) is 72.5 Å². The van der Waals surface area contributed by atoms with E-state index in [1.165, 1.54) is 0 Å². The molecule has 0 fully saturated rings. The van der Waals surface area contributed by atoms with Crippen LogP contribution in [0.25, 0.3) is 0 Å². The molecule has 0 saturated carbocycles. The lowest BCUT2D eigenvalue weighted by Crippen LogP contribution is -2.30. The predicted molar refractivity (Wildman–Crippen MR) is 106 cm³/mol. The zero-order valence-corrected chi connectivity index (χ0v) is 17.0. The number of hydrogen-bond donors (Lipinski definition) is 1. The van der Waals surface area contributed by atoms with Crippen molar-refractivity contribution in [1.82, 2.24) is 5.32 Å². The molecule has 1 atom stereocenters. The number of carbonyl (C=O) groups excluding carboxylic acids is 1. The van der Waals surface area contributed by atoms with Crippen molar-refractivity contribution in [3.05, 3.63) is 65.2 Å². The first-order chi connectivity index (χ1) is 12.8. The molecule has 2 aromatic carbocycles. The van der Waals surface area contributed by atoms with Crippen LogP contribution in [0.3, 0.4) is 0 Å². The van der Waals surface area contributed by atoms with E-state index in [9.17, 15) is 13.2 Å². The van der Waals surface area contributed by atoms with Crippen LogP contribution in [0.5, 0.6) is 0 Å². The maximum atomic E-state index is 12.3. The SMILES string of the molecule is CO[C@@H](CNC(=O)Cc1ccc(S(=O)(=O)C(C)C)cc1)c1ccccc1C. The Morgan fingerprint density at radius 3 is 2.26 bits per heavy atom. The molecule has 0 unspecified atom stereocenters. The van der Waals surface area contributed by atoms with Gasteiger partial charge in [0.2, 0.25) is 5.91 Å². The highest BCUT2D eigenvalue weighted by Crippen LogP contribution is 2.20. The van der Waals surface area contributed by atoms with Crippen LogP contribution in [0.1, 0.15) is 36.6 Å². The molecule has 0 saturated heterocycles. The summed E-state index contributed by atoms with van der Waals surface area (Å²) in [6.45, 7) is 5.69. The highest BCUT2D eigenvalue weighted by molar-refractivity contribution is 7.92. The third kappa shape index (κ3) is 5.40. The third-order valence-corrected chi connectivity index (χ3v) is 6.71. The lowest BCUT2D eigenvalue weighted by molar-refractivity contribution is -0.121. The highest BCUT2D eigenvalue weighted by Gasteiger charge is 2.19. The lowest BCUT2D eigenvalue weighted by Gasteiger charge is -2.18. The molecule has 0 radical (unpaired) electrons. The summed E-state index contributed by atoms with van der Waals surface area (Å²) in [6.07, 6.45) is -0.0274. The van der Waals surface area contributed by atoms with Gasteiger partial charge in [-0.15, -0.1) is 0 Å². The van der Waals surface area contributed by atoms with Crippen molar-refractivity contribution in [3.8, 4) is 0 Å². The second-order valence-corrected chi connectivity index (χ2v) is 9.30. The second kappa shape index (κ2) is 9.15. The Kier molecular flexibility index (Phi) is 7.16. The van der Waals surface area contributed by atoms with Crippen molar-refractivity contribution in [2.75, 3.05) is 13.7 Å². The van der Waals surface area contributed by atoms with Crippen LogP contribution in [-0.4, -0.2) is 33.2 Å². The molecule has 27 heavy (non-hydrogen) atoms. The standard InChI is InChI=1S/C21H27NO4S/c1-15(2)27(24,25)18-11-9-17(10-12-18)13-21(23)22-14-20(26-4)19-8-6-5-7-16(19)3/h5-12,15,20H,13-14H2,1-4H3,(H,22,23)/t20-/m0/s1. The van der Waals surface area contributed by atoms with E-state index in [0.717, 1.165) is 16.7 Å². The second-order valence-electron chi connectivity index (χ2n) is 6.80. The summed E-state index contributed by atoms with van der Waals surface area (Å²) in [4.78, 5) is 12.5. The van der Waals surface area contributed by atoms with Gasteiger partial charge in [0.15, 0.2) is 9.84 Å². The first kappa shape index (κ1) is 21.1. The molecule has 1 N–H and O–H groups in total. The number of ether oxygens (including phenoxy) is 1. The number of methoxy groups -OCH3 is 1. The Balaban J connectivity index is 1.96. The average Bonchev–Trinajstić information content (AvgIpc) is 2.64. The monoisotopic (exact) mass is 389 g/mol. The molecule has 5 nitrogen and oxygen atoms in total. The van der Waals surface area contributed by atoms with Gasteiger partial charge in [0.1, 0.15) is 0 Å². The molecule has 0 heterocycles. The number of amides is 1. The Labute approximate surface area is 161 Å². The van der Waals surface area contributed by atoms with E-state index in [-0.39, 0.29) is 23.3 Å². The van der Waals surface area contributed by atoms with Gasteiger partial charge in [-0.2, -0.15) is 0 Å². The number of hydrogen-bond acceptors (Lipinski definition) is 4.